The van der Waals surface area contributed by atoms with Crippen molar-refractivity contribution < 1.29 is 0 Å². The third-order valence-corrected chi connectivity index (χ3v) is 3.61. The van der Waals surface area contributed by atoms with Gasteiger partial charge in [0.05, 0.1) is 0 Å². The van der Waals surface area contributed by atoms with Crippen LogP contribution in [0, 0.1) is 5.92 Å². The van der Waals surface area contributed by atoms with E-state index in [1.54, 1.807) is 0 Å². The second kappa shape index (κ2) is 5.83. The summed E-state index contributed by atoms with van der Waals surface area (Å²) in [7, 11) is 0. The molecule has 0 spiro atoms. The fraction of sp³-hybridized carbons (Fsp3) is 0.727. The zero-order valence-electron chi connectivity index (χ0n) is 9.79. The molecular formula is C11H16Cl2N4. The molecule has 0 bridgehead atoms. The summed E-state index contributed by atoms with van der Waals surface area (Å²) in [4.78, 5) is 11.8. The Morgan fingerprint density at radius 3 is 2.53 bits per heavy atom. The van der Waals surface area contributed by atoms with Gasteiger partial charge in [0, 0.05) is 6.04 Å². The summed E-state index contributed by atoms with van der Waals surface area (Å²) in [5, 5.41) is 3.56. The Morgan fingerprint density at radius 1 is 1.18 bits per heavy atom. The molecular weight excluding hydrogens is 259 g/mol. The standard InChI is InChI=1S/C11H16Cl2N4/c1-2-7-4-3-5-8(6-7)14-11-16-9(12)15-10(13)17-11/h7-8H,2-6H2,1H3,(H,14,15,16,17). The van der Waals surface area contributed by atoms with Crippen molar-refractivity contribution in [3.05, 3.63) is 10.6 Å². The Hall–Kier alpha value is -0.610. The van der Waals surface area contributed by atoms with Crippen LogP contribution in [0.5, 0.6) is 0 Å². The van der Waals surface area contributed by atoms with Gasteiger partial charge in [-0.1, -0.05) is 26.2 Å². The third-order valence-electron chi connectivity index (χ3n) is 3.27. The van der Waals surface area contributed by atoms with Crippen LogP contribution in [-0.4, -0.2) is 21.0 Å². The molecule has 1 aromatic rings. The molecule has 1 fully saturated rings. The van der Waals surface area contributed by atoms with Crippen LogP contribution in [0.25, 0.3) is 0 Å². The SMILES string of the molecule is CCC1CCCC(Nc2nc(Cl)nc(Cl)n2)C1. The summed E-state index contributed by atoms with van der Waals surface area (Å²) in [5.74, 6) is 1.28. The second-order valence-electron chi connectivity index (χ2n) is 4.48. The predicted molar refractivity (Wildman–Crippen MR) is 69.5 cm³/mol. The Balaban J connectivity index is 2.00. The molecule has 0 saturated heterocycles. The Bertz CT molecular complexity index is 365. The average molecular weight is 275 g/mol. The Labute approximate surface area is 111 Å². The molecule has 0 aromatic carbocycles. The topological polar surface area (TPSA) is 50.7 Å². The van der Waals surface area contributed by atoms with Crippen molar-refractivity contribution in [2.45, 2.75) is 45.1 Å². The van der Waals surface area contributed by atoms with E-state index in [1.807, 2.05) is 0 Å². The molecule has 1 saturated carbocycles. The van der Waals surface area contributed by atoms with E-state index in [0.717, 1.165) is 18.8 Å². The lowest BCUT2D eigenvalue weighted by Crippen LogP contribution is -2.28. The van der Waals surface area contributed by atoms with Crippen LogP contribution in [0.4, 0.5) is 5.95 Å². The largest absolute Gasteiger partial charge is 0.351 e. The Kier molecular flexibility index (Phi) is 4.40. The maximum atomic E-state index is 5.74. The van der Waals surface area contributed by atoms with E-state index in [2.05, 4.69) is 27.2 Å². The maximum Gasteiger partial charge on any atom is 0.228 e. The molecule has 0 aliphatic heterocycles. The maximum absolute atomic E-state index is 5.74. The van der Waals surface area contributed by atoms with E-state index in [9.17, 15) is 0 Å². The minimum absolute atomic E-state index is 0.135. The van der Waals surface area contributed by atoms with Crippen LogP contribution in [0.1, 0.15) is 39.0 Å². The minimum atomic E-state index is 0.135. The normalized spacial score (nSPS) is 24.6. The van der Waals surface area contributed by atoms with E-state index in [-0.39, 0.29) is 10.6 Å². The molecule has 1 heterocycles. The number of nitrogens with zero attached hydrogens (tertiary/aromatic N) is 3. The molecule has 4 nitrogen and oxygen atoms in total. The lowest BCUT2D eigenvalue weighted by Gasteiger charge is -2.28. The molecule has 2 unspecified atom stereocenters. The Morgan fingerprint density at radius 2 is 1.88 bits per heavy atom. The fourth-order valence-corrected chi connectivity index (χ4v) is 2.73. The van der Waals surface area contributed by atoms with Crippen LogP contribution in [0.2, 0.25) is 10.6 Å². The van der Waals surface area contributed by atoms with Crippen molar-refractivity contribution in [3.8, 4) is 0 Å². The summed E-state index contributed by atoms with van der Waals surface area (Å²) in [6.45, 7) is 2.24. The van der Waals surface area contributed by atoms with Gasteiger partial charge < -0.3 is 5.32 Å². The number of hydrogen-bond acceptors (Lipinski definition) is 4. The number of nitrogens with one attached hydrogen (secondary N) is 1. The second-order valence-corrected chi connectivity index (χ2v) is 5.16. The van der Waals surface area contributed by atoms with Gasteiger partial charge in [-0.05, 0) is 42.0 Å². The summed E-state index contributed by atoms with van der Waals surface area (Å²) in [6.07, 6.45) is 6.13. The van der Waals surface area contributed by atoms with Crippen LogP contribution in [0.15, 0.2) is 0 Å². The highest BCUT2D eigenvalue weighted by Crippen LogP contribution is 2.28. The first-order valence-corrected chi connectivity index (χ1v) is 6.76. The van der Waals surface area contributed by atoms with Crippen LogP contribution in [-0.2, 0) is 0 Å². The van der Waals surface area contributed by atoms with Gasteiger partial charge in [0.1, 0.15) is 0 Å². The van der Waals surface area contributed by atoms with Gasteiger partial charge in [-0.15, -0.1) is 0 Å². The number of aromatic nitrogens is 3. The quantitative estimate of drug-likeness (QED) is 0.916. The summed E-state index contributed by atoms with van der Waals surface area (Å²) >= 11 is 11.5. The smallest absolute Gasteiger partial charge is 0.228 e. The zero-order chi connectivity index (χ0) is 12.3. The van der Waals surface area contributed by atoms with E-state index in [0.29, 0.717) is 12.0 Å². The van der Waals surface area contributed by atoms with Crippen molar-refractivity contribution >= 4 is 29.2 Å². The van der Waals surface area contributed by atoms with Crippen LogP contribution < -0.4 is 5.32 Å². The van der Waals surface area contributed by atoms with Crippen LogP contribution >= 0.6 is 23.2 Å². The van der Waals surface area contributed by atoms with E-state index in [1.165, 1.54) is 19.3 Å². The van der Waals surface area contributed by atoms with E-state index < -0.39 is 0 Å². The zero-order valence-corrected chi connectivity index (χ0v) is 11.3. The highest BCUT2D eigenvalue weighted by molar-refractivity contribution is 6.31. The first-order chi connectivity index (χ1) is 8.17. The van der Waals surface area contributed by atoms with E-state index in [4.69, 9.17) is 23.2 Å². The van der Waals surface area contributed by atoms with Gasteiger partial charge in [-0.2, -0.15) is 15.0 Å². The average Bonchev–Trinajstić information content (AvgIpc) is 2.28. The molecule has 17 heavy (non-hydrogen) atoms. The monoisotopic (exact) mass is 274 g/mol. The first kappa shape index (κ1) is 12.8. The van der Waals surface area contributed by atoms with E-state index >= 15 is 0 Å². The lowest BCUT2D eigenvalue weighted by molar-refractivity contribution is 0.326. The van der Waals surface area contributed by atoms with Gasteiger partial charge >= 0.3 is 0 Å². The third kappa shape index (κ3) is 3.68. The molecule has 6 heteroatoms. The molecule has 1 aromatic heterocycles. The summed E-state index contributed by atoms with van der Waals surface area (Å²) < 4.78 is 0. The van der Waals surface area contributed by atoms with Gasteiger partial charge in [0.2, 0.25) is 16.5 Å². The first-order valence-electron chi connectivity index (χ1n) is 6.01. The van der Waals surface area contributed by atoms with Crippen molar-refractivity contribution in [1.29, 1.82) is 0 Å². The van der Waals surface area contributed by atoms with Crippen molar-refractivity contribution in [3.63, 3.8) is 0 Å². The number of halogens is 2. The molecule has 0 amide bonds. The minimum Gasteiger partial charge on any atom is -0.351 e. The molecule has 0 radical (unpaired) electrons. The highest BCUT2D eigenvalue weighted by Gasteiger charge is 2.21. The fourth-order valence-electron chi connectivity index (χ4n) is 2.37. The molecule has 1 aliphatic rings. The van der Waals surface area contributed by atoms with Crippen molar-refractivity contribution in [2.24, 2.45) is 5.92 Å². The molecule has 94 valence electrons. The summed E-state index contributed by atoms with van der Waals surface area (Å²) in [5.41, 5.74) is 0. The van der Waals surface area contributed by atoms with Crippen molar-refractivity contribution in [1.82, 2.24) is 15.0 Å². The van der Waals surface area contributed by atoms with Gasteiger partial charge in [-0.25, -0.2) is 0 Å². The van der Waals surface area contributed by atoms with Gasteiger partial charge in [0.25, 0.3) is 0 Å². The number of anilines is 1. The summed E-state index contributed by atoms with van der Waals surface area (Å²) in [6, 6.07) is 0.420. The van der Waals surface area contributed by atoms with Crippen molar-refractivity contribution in [2.75, 3.05) is 5.32 Å². The van der Waals surface area contributed by atoms with Gasteiger partial charge in [-0.3, -0.25) is 0 Å². The molecule has 1 aliphatic carbocycles. The van der Waals surface area contributed by atoms with Crippen LogP contribution in [0.3, 0.4) is 0 Å². The predicted octanol–water partition coefficient (Wildman–Crippen LogP) is 3.56. The number of hydrogen-bond donors (Lipinski definition) is 1. The number of rotatable bonds is 3. The molecule has 1 N–H and O–H groups in total. The van der Waals surface area contributed by atoms with Gasteiger partial charge in [0.15, 0.2) is 0 Å². The lowest BCUT2D eigenvalue weighted by atomic mass is 9.84. The molecule has 2 atom stereocenters. The highest BCUT2D eigenvalue weighted by atomic mass is 35.5. The molecule has 2 rings (SSSR count).